The van der Waals surface area contributed by atoms with Gasteiger partial charge < -0.3 is 10.4 Å². The second-order valence-corrected chi connectivity index (χ2v) is 5.33. The van der Waals surface area contributed by atoms with E-state index in [0.717, 1.165) is 31.6 Å². The summed E-state index contributed by atoms with van der Waals surface area (Å²) in [4.78, 5) is 8.68. The number of hydrogen-bond donors (Lipinski definition) is 2. The van der Waals surface area contributed by atoms with Gasteiger partial charge in [0.15, 0.2) is 0 Å². The number of nitrogens with zero attached hydrogens (tertiary/aromatic N) is 2. The Morgan fingerprint density at radius 2 is 2.18 bits per heavy atom. The Morgan fingerprint density at radius 1 is 1.29 bits per heavy atom. The van der Waals surface area contributed by atoms with E-state index in [-0.39, 0.29) is 0 Å². The Balaban J connectivity index is 1.68. The van der Waals surface area contributed by atoms with E-state index >= 15 is 0 Å². The van der Waals surface area contributed by atoms with Crippen LogP contribution in [0.3, 0.4) is 0 Å². The lowest BCUT2D eigenvalue weighted by atomic mass is 10.0. The molecule has 92 valence electrons. The van der Waals surface area contributed by atoms with Crippen molar-refractivity contribution in [3.63, 3.8) is 0 Å². The zero-order chi connectivity index (χ0) is 11.7. The third-order valence-corrected chi connectivity index (χ3v) is 4.11. The molecule has 1 fully saturated rings. The predicted molar refractivity (Wildman–Crippen MR) is 65.9 cm³/mol. The summed E-state index contributed by atoms with van der Waals surface area (Å²) in [7, 11) is 0. The molecule has 1 aromatic rings. The number of anilines is 1. The molecule has 1 aromatic heterocycles. The van der Waals surface area contributed by atoms with E-state index in [0.29, 0.717) is 12.0 Å². The highest BCUT2D eigenvalue weighted by Crippen LogP contribution is 2.48. The van der Waals surface area contributed by atoms with Gasteiger partial charge in [0.05, 0.1) is 0 Å². The first-order chi connectivity index (χ1) is 8.33. The summed E-state index contributed by atoms with van der Waals surface area (Å²) >= 11 is 0. The van der Waals surface area contributed by atoms with Crippen LogP contribution in [0.25, 0.3) is 0 Å². The molecule has 0 amide bonds. The summed E-state index contributed by atoms with van der Waals surface area (Å²) in [5, 5.41) is 12.5. The molecule has 0 radical (unpaired) electrons. The Labute approximate surface area is 101 Å². The van der Waals surface area contributed by atoms with Crippen molar-refractivity contribution in [2.45, 2.75) is 38.5 Å². The third kappa shape index (κ3) is 2.14. The molecule has 0 bridgehead atoms. The van der Waals surface area contributed by atoms with Crippen molar-refractivity contribution in [1.29, 1.82) is 0 Å². The number of hydrogen-bond acceptors (Lipinski definition) is 4. The lowest BCUT2D eigenvalue weighted by Gasteiger charge is -2.16. The largest absolute Gasteiger partial charge is 0.396 e. The van der Waals surface area contributed by atoms with Gasteiger partial charge >= 0.3 is 0 Å². The van der Waals surface area contributed by atoms with Gasteiger partial charge in [-0.25, -0.2) is 9.97 Å². The lowest BCUT2D eigenvalue weighted by Crippen LogP contribution is -2.18. The van der Waals surface area contributed by atoms with Crippen molar-refractivity contribution in [2.75, 3.05) is 18.5 Å². The van der Waals surface area contributed by atoms with E-state index < -0.39 is 0 Å². The molecular weight excluding hydrogens is 214 g/mol. The average Bonchev–Trinajstić information content (AvgIpc) is 2.92. The molecule has 1 saturated carbocycles. The molecule has 4 nitrogen and oxygen atoms in total. The fourth-order valence-electron chi connectivity index (χ4n) is 2.71. The smallest absolute Gasteiger partial charge is 0.132 e. The first kappa shape index (κ1) is 11.0. The molecule has 1 heterocycles. The van der Waals surface area contributed by atoms with Crippen LogP contribution in [0, 0.1) is 5.41 Å². The van der Waals surface area contributed by atoms with Crippen molar-refractivity contribution in [3.05, 3.63) is 17.6 Å². The molecule has 0 atom stereocenters. The zero-order valence-electron chi connectivity index (χ0n) is 10.1. The van der Waals surface area contributed by atoms with Crippen LogP contribution in [0.4, 0.5) is 5.82 Å². The quantitative estimate of drug-likeness (QED) is 0.810. The molecule has 2 N–H and O–H groups in total. The molecule has 0 unspecified atom stereocenters. The van der Waals surface area contributed by atoms with E-state index in [1.54, 1.807) is 6.33 Å². The van der Waals surface area contributed by atoms with Gasteiger partial charge in [-0.15, -0.1) is 0 Å². The second-order valence-electron chi connectivity index (χ2n) is 5.33. The van der Waals surface area contributed by atoms with Gasteiger partial charge in [-0.2, -0.15) is 0 Å². The molecule has 4 heteroatoms. The van der Waals surface area contributed by atoms with Crippen LogP contribution in [0.1, 0.15) is 36.9 Å². The Morgan fingerprint density at radius 3 is 2.94 bits per heavy atom. The SMILES string of the molecule is OCCC1(CNc2ncnc3c2CCC3)CC1. The summed E-state index contributed by atoms with van der Waals surface area (Å²) in [6.45, 7) is 1.24. The minimum Gasteiger partial charge on any atom is -0.396 e. The van der Waals surface area contributed by atoms with Crippen molar-refractivity contribution < 1.29 is 5.11 Å². The molecule has 2 aliphatic rings. The van der Waals surface area contributed by atoms with Gasteiger partial charge in [-0.3, -0.25) is 0 Å². The summed E-state index contributed by atoms with van der Waals surface area (Å²) in [5.74, 6) is 1.02. The molecule has 3 rings (SSSR count). The summed E-state index contributed by atoms with van der Waals surface area (Å²) in [6, 6.07) is 0. The van der Waals surface area contributed by atoms with Gasteiger partial charge in [-0.05, 0) is 43.9 Å². The van der Waals surface area contributed by atoms with Gasteiger partial charge in [-0.1, -0.05) is 0 Å². The van der Waals surface area contributed by atoms with Gasteiger partial charge in [0, 0.05) is 24.4 Å². The van der Waals surface area contributed by atoms with Crippen LogP contribution in [0.5, 0.6) is 0 Å². The number of aryl methyl sites for hydroxylation is 1. The van der Waals surface area contributed by atoms with Crippen molar-refractivity contribution in [2.24, 2.45) is 5.41 Å². The van der Waals surface area contributed by atoms with Crippen LogP contribution in [0.2, 0.25) is 0 Å². The van der Waals surface area contributed by atoms with Gasteiger partial charge in [0.2, 0.25) is 0 Å². The van der Waals surface area contributed by atoms with E-state index in [1.165, 1.54) is 30.5 Å². The first-order valence-electron chi connectivity index (χ1n) is 6.50. The first-order valence-corrected chi connectivity index (χ1v) is 6.50. The summed E-state index contributed by atoms with van der Waals surface area (Å²) in [5.41, 5.74) is 2.87. The average molecular weight is 233 g/mol. The highest BCUT2D eigenvalue weighted by molar-refractivity contribution is 5.48. The number of rotatable bonds is 5. The maximum Gasteiger partial charge on any atom is 0.132 e. The second kappa shape index (κ2) is 4.26. The van der Waals surface area contributed by atoms with E-state index in [2.05, 4.69) is 15.3 Å². The maximum absolute atomic E-state index is 9.04. The van der Waals surface area contributed by atoms with Crippen molar-refractivity contribution in [1.82, 2.24) is 9.97 Å². The molecule has 0 saturated heterocycles. The highest BCUT2D eigenvalue weighted by Gasteiger charge is 2.41. The molecule has 17 heavy (non-hydrogen) atoms. The Bertz CT molecular complexity index is 415. The van der Waals surface area contributed by atoms with Crippen LogP contribution in [-0.2, 0) is 12.8 Å². The molecule has 0 aromatic carbocycles. The lowest BCUT2D eigenvalue weighted by molar-refractivity contribution is 0.253. The highest BCUT2D eigenvalue weighted by atomic mass is 16.3. The topological polar surface area (TPSA) is 58.0 Å². The van der Waals surface area contributed by atoms with E-state index in [4.69, 9.17) is 5.11 Å². The third-order valence-electron chi connectivity index (χ3n) is 4.11. The zero-order valence-corrected chi connectivity index (χ0v) is 10.1. The predicted octanol–water partition coefficient (Wildman–Crippen LogP) is 1.54. The molecule has 0 aliphatic heterocycles. The number of aromatic nitrogens is 2. The normalized spacial score (nSPS) is 20.1. The van der Waals surface area contributed by atoms with Crippen LogP contribution < -0.4 is 5.32 Å². The number of aliphatic hydroxyl groups is 1. The fourth-order valence-corrected chi connectivity index (χ4v) is 2.71. The molecule has 0 spiro atoms. The summed E-state index contributed by atoms with van der Waals surface area (Å²) in [6.07, 6.45) is 8.43. The van der Waals surface area contributed by atoms with E-state index in [1.807, 2.05) is 0 Å². The van der Waals surface area contributed by atoms with Crippen molar-refractivity contribution in [3.8, 4) is 0 Å². The maximum atomic E-state index is 9.04. The number of aliphatic hydroxyl groups excluding tert-OH is 1. The van der Waals surface area contributed by atoms with Crippen LogP contribution in [-0.4, -0.2) is 28.2 Å². The minimum absolute atomic E-state index is 0.295. The standard InChI is InChI=1S/C13H19N3O/c17-7-6-13(4-5-13)8-14-12-10-2-1-3-11(10)15-9-16-12/h9,17H,1-8H2,(H,14,15,16). The minimum atomic E-state index is 0.295. The Kier molecular flexibility index (Phi) is 2.74. The number of fused-ring (bicyclic) bond motifs is 1. The monoisotopic (exact) mass is 233 g/mol. The van der Waals surface area contributed by atoms with Gasteiger partial charge in [0.1, 0.15) is 12.1 Å². The molecule has 2 aliphatic carbocycles. The summed E-state index contributed by atoms with van der Waals surface area (Å²) < 4.78 is 0. The van der Waals surface area contributed by atoms with Gasteiger partial charge in [0.25, 0.3) is 0 Å². The van der Waals surface area contributed by atoms with Crippen molar-refractivity contribution >= 4 is 5.82 Å². The number of nitrogens with one attached hydrogen (secondary N) is 1. The molecular formula is C13H19N3O. The fraction of sp³-hybridized carbons (Fsp3) is 0.692. The van der Waals surface area contributed by atoms with E-state index in [9.17, 15) is 0 Å². The van der Waals surface area contributed by atoms with Crippen LogP contribution in [0.15, 0.2) is 6.33 Å². The van der Waals surface area contributed by atoms with Crippen LogP contribution >= 0.6 is 0 Å². The Hall–Kier alpha value is -1.16.